The summed E-state index contributed by atoms with van der Waals surface area (Å²) in [6.45, 7) is 6.91. The van der Waals surface area contributed by atoms with Crippen molar-refractivity contribution in [3.05, 3.63) is 53.1 Å². The van der Waals surface area contributed by atoms with E-state index < -0.39 is 0 Å². The molecule has 0 heterocycles. The number of hydrogen-bond acceptors (Lipinski definition) is 1. The van der Waals surface area contributed by atoms with Gasteiger partial charge < -0.3 is 5.53 Å². The van der Waals surface area contributed by atoms with Crippen LogP contribution in [0.3, 0.4) is 0 Å². The number of carbonyl (C=O) groups is 1. The van der Waals surface area contributed by atoms with Crippen molar-refractivity contribution in [1.29, 1.82) is 0 Å². The van der Waals surface area contributed by atoms with E-state index in [1.54, 1.807) is 31.2 Å². The molecule has 0 aliphatic heterocycles. The highest BCUT2D eigenvalue weighted by molar-refractivity contribution is 6.43. The molecule has 0 aliphatic rings. The number of carbonyl (C=O) groups excluding carboxylic acids is 1. The fourth-order valence-corrected chi connectivity index (χ4v) is 1.20. The van der Waals surface area contributed by atoms with E-state index in [1.807, 2.05) is 0 Å². The van der Waals surface area contributed by atoms with E-state index in [9.17, 15) is 4.79 Å². The van der Waals surface area contributed by atoms with Crippen molar-refractivity contribution in [2.24, 2.45) is 0 Å². The van der Waals surface area contributed by atoms with E-state index in [1.165, 1.54) is 6.92 Å². The Morgan fingerprint density at radius 2 is 2.00 bits per heavy atom. The van der Waals surface area contributed by atoms with Crippen LogP contribution in [0.15, 0.2) is 36.4 Å². The van der Waals surface area contributed by atoms with Crippen LogP contribution in [0, 0.1) is 11.8 Å². The average Bonchev–Trinajstić information content (AvgIpc) is 2.34. The summed E-state index contributed by atoms with van der Waals surface area (Å²) < 4.78 is 0. The average molecular weight is 224 g/mol. The van der Waals surface area contributed by atoms with Crippen molar-refractivity contribution in [2.75, 3.05) is 0 Å². The third-order valence-electron chi connectivity index (χ3n) is 2.06. The van der Waals surface area contributed by atoms with Gasteiger partial charge in [0.25, 0.3) is 5.78 Å². The minimum Gasteiger partial charge on any atom is -0.361 e. The van der Waals surface area contributed by atoms with E-state index in [4.69, 9.17) is 5.53 Å². The van der Waals surface area contributed by atoms with E-state index >= 15 is 0 Å². The molecular weight excluding hydrogens is 212 g/mol. The first kappa shape index (κ1) is 12.6. The van der Waals surface area contributed by atoms with Crippen LogP contribution in [-0.4, -0.2) is 16.3 Å². The Kier molecular flexibility index (Phi) is 4.16. The lowest BCUT2D eigenvalue weighted by Crippen LogP contribution is -2.12. The van der Waals surface area contributed by atoms with Gasteiger partial charge in [-0.05, 0) is 24.6 Å². The van der Waals surface area contributed by atoms with E-state index in [2.05, 4.69) is 23.2 Å². The van der Waals surface area contributed by atoms with Crippen molar-refractivity contribution in [3.63, 3.8) is 0 Å². The van der Waals surface area contributed by atoms with Gasteiger partial charge in [-0.2, -0.15) is 4.79 Å². The van der Waals surface area contributed by atoms with E-state index in [0.29, 0.717) is 11.1 Å². The van der Waals surface area contributed by atoms with Crippen LogP contribution >= 0.6 is 0 Å². The fraction of sp³-hybridized carbons (Fsp3) is 0.143. The molecule has 17 heavy (non-hydrogen) atoms. The maximum absolute atomic E-state index is 11.9. The summed E-state index contributed by atoms with van der Waals surface area (Å²) in [5, 5.41) is 0. The second-order valence-electron chi connectivity index (χ2n) is 3.59. The summed E-state index contributed by atoms with van der Waals surface area (Å²) in [5.41, 5.74) is 10.4. The molecule has 0 unspecified atom stereocenters. The second-order valence-corrected chi connectivity index (χ2v) is 3.59. The van der Waals surface area contributed by atoms with Crippen molar-refractivity contribution in [1.82, 2.24) is 0 Å². The van der Waals surface area contributed by atoms with Gasteiger partial charge in [-0.3, -0.25) is 4.79 Å². The quantitative estimate of drug-likeness (QED) is 0.250. The molecule has 84 valence electrons. The van der Waals surface area contributed by atoms with Gasteiger partial charge in [-0.1, -0.05) is 30.6 Å². The third kappa shape index (κ3) is 3.27. The molecule has 1 aromatic carbocycles. The highest BCUT2D eigenvalue weighted by Gasteiger charge is 2.18. The SMILES string of the molecule is C=C(C)C#Cc1ccccc1C(=O)C(C)=[N+]=[N-]. The minimum absolute atomic E-state index is 0.0366. The summed E-state index contributed by atoms with van der Waals surface area (Å²) >= 11 is 0. The Bertz CT molecular complexity index is 582. The zero-order valence-electron chi connectivity index (χ0n) is 9.82. The van der Waals surface area contributed by atoms with Crippen LogP contribution < -0.4 is 0 Å². The van der Waals surface area contributed by atoms with Gasteiger partial charge in [0.05, 0.1) is 0 Å². The Morgan fingerprint density at radius 1 is 1.35 bits per heavy atom. The molecule has 0 atom stereocenters. The summed E-state index contributed by atoms with van der Waals surface area (Å²) in [5.74, 6) is 5.35. The predicted octanol–water partition coefficient (Wildman–Crippen LogP) is 2.49. The number of allylic oxidation sites excluding steroid dienone is 1. The maximum Gasteiger partial charge on any atom is 0.336 e. The molecule has 0 radical (unpaired) electrons. The molecule has 1 rings (SSSR count). The minimum atomic E-state index is -0.334. The lowest BCUT2D eigenvalue weighted by molar-refractivity contribution is -0.00678. The molecule has 0 saturated heterocycles. The first-order valence-corrected chi connectivity index (χ1v) is 5.06. The molecule has 0 aromatic heterocycles. The van der Waals surface area contributed by atoms with Crippen LogP contribution in [-0.2, 0) is 0 Å². The van der Waals surface area contributed by atoms with Crippen molar-refractivity contribution in [2.45, 2.75) is 13.8 Å². The van der Waals surface area contributed by atoms with Gasteiger partial charge in [0.15, 0.2) is 0 Å². The highest BCUT2D eigenvalue weighted by Crippen LogP contribution is 2.09. The van der Waals surface area contributed by atoms with E-state index in [0.717, 1.165) is 5.57 Å². The molecule has 0 amide bonds. The number of benzene rings is 1. The molecule has 0 aliphatic carbocycles. The number of Topliss-reactive ketones (excluding diaryl/α,β-unsaturated/α-hetero) is 1. The molecule has 0 fully saturated rings. The Balaban J connectivity index is 3.28. The van der Waals surface area contributed by atoms with Gasteiger partial charge in [-0.15, -0.1) is 0 Å². The highest BCUT2D eigenvalue weighted by atomic mass is 16.1. The monoisotopic (exact) mass is 224 g/mol. The fourth-order valence-electron chi connectivity index (χ4n) is 1.20. The Morgan fingerprint density at radius 3 is 2.59 bits per heavy atom. The van der Waals surface area contributed by atoms with Crippen molar-refractivity contribution in [3.8, 4) is 11.8 Å². The Hall–Kier alpha value is -2.43. The third-order valence-corrected chi connectivity index (χ3v) is 2.06. The van der Waals surface area contributed by atoms with Gasteiger partial charge in [-0.25, -0.2) is 0 Å². The molecule has 0 N–H and O–H groups in total. The van der Waals surface area contributed by atoms with Crippen LogP contribution in [0.25, 0.3) is 5.53 Å². The summed E-state index contributed by atoms with van der Waals surface area (Å²) in [4.78, 5) is 14.8. The van der Waals surface area contributed by atoms with Gasteiger partial charge in [0, 0.05) is 18.1 Å². The van der Waals surface area contributed by atoms with Gasteiger partial charge in [0.2, 0.25) is 0 Å². The molecule has 3 nitrogen and oxygen atoms in total. The second kappa shape index (κ2) is 5.60. The number of ketones is 1. The van der Waals surface area contributed by atoms with Crippen LogP contribution in [0.5, 0.6) is 0 Å². The molecule has 0 spiro atoms. The van der Waals surface area contributed by atoms with Crippen molar-refractivity contribution >= 4 is 11.5 Å². The number of hydrogen-bond donors (Lipinski definition) is 0. The molecule has 0 bridgehead atoms. The number of nitrogens with zero attached hydrogens (tertiary/aromatic N) is 2. The van der Waals surface area contributed by atoms with Crippen molar-refractivity contribution < 1.29 is 9.58 Å². The smallest absolute Gasteiger partial charge is 0.336 e. The zero-order chi connectivity index (χ0) is 12.8. The lowest BCUT2D eigenvalue weighted by atomic mass is 10.0. The molecule has 3 heteroatoms. The molecular formula is C14H12N2O. The topological polar surface area (TPSA) is 53.5 Å². The number of rotatable bonds is 2. The van der Waals surface area contributed by atoms with Crippen LogP contribution in [0.2, 0.25) is 0 Å². The van der Waals surface area contributed by atoms with Crippen LogP contribution in [0.4, 0.5) is 0 Å². The zero-order valence-corrected chi connectivity index (χ0v) is 9.82. The van der Waals surface area contributed by atoms with E-state index in [-0.39, 0.29) is 11.5 Å². The summed E-state index contributed by atoms with van der Waals surface area (Å²) in [6.07, 6.45) is 0. The first-order chi connectivity index (χ1) is 8.06. The molecule has 1 aromatic rings. The Labute approximate surface area is 100 Å². The normalized spacial score (nSPS) is 8.59. The summed E-state index contributed by atoms with van der Waals surface area (Å²) in [7, 11) is 0. The first-order valence-electron chi connectivity index (χ1n) is 5.06. The van der Waals surface area contributed by atoms with Gasteiger partial charge >= 0.3 is 5.71 Å². The van der Waals surface area contributed by atoms with Crippen LogP contribution in [0.1, 0.15) is 29.8 Å². The standard InChI is InChI=1S/C14H12N2O/c1-10(2)8-9-12-6-4-5-7-13(12)14(17)11(3)16-15/h4-7H,1H2,2-3H3. The lowest BCUT2D eigenvalue weighted by Gasteiger charge is -1.98. The van der Waals surface area contributed by atoms with Gasteiger partial charge in [0.1, 0.15) is 0 Å². The molecule has 0 saturated carbocycles. The summed E-state index contributed by atoms with van der Waals surface area (Å²) in [6, 6.07) is 6.93. The largest absolute Gasteiger partial charge is 0.361 e. The predicted molar refractivity (Wildman–Crippen MR) is 66.8 cm³/mol. The maximum atomic E-state index is 11.9.